The van der Waals surface area contributed by atoms with Crippen molar-refractivity contribution in [2.45, 2.75) is 32.2 Å². The van der Waals surface area contributed by atoms with E-state index in [1.165, 1.54) is 12.3 Å². The van der Waals surface area contributed by atoms with E-state index in [4.69, 9.17) is 5.26 Å². The number of nitrogens with one attached hydrogen (secondary N) is 1. The Morgan fingerprint density at radius 3 is 2.47 bits per heavy atom. The molecule has 166 valence electrons. The summed E-state index contributed by atoms with van der Waals surface area (Å²) in [5.41, 5.74) is -2.49. The van der Waals surface area contributed by atoms with Crippen LogP contribution in [0.25, 0.3) is 11.1 Å². The highest BCUT2D eigenvalue weighted by Gasteiger charge is 2.35. The fraction of sp³-hybridized carbons (Fsp3) is 0.227. The van der Waals surface area contributed by atoms with Crippen molar-refractivity contribution < 1.29 is 27.5 Å². The minimum atomic E-state index is -4.80. The van der Waals surface area contributed by atoms with Crippen LogP contribution in [0.15, 0.2) is 48.7 Å². The highest BCUT2D eigenvalue weighted by molar-refractivity contribution is 5.96. The van der Waals surface area contributed by atoms with E-state index in [0.29, 0.717) is 11.6 Å². The van der Waals surface area contributed by atoms with Crippen molar-refractivity contribution >= 4 is 11.6 Å². The number of aryl methyl sites for hydroxylation is 1. The van der Waals surface area contributed by atoms with Gasteiger partial charge in [-0.05, 0) is 37.6 Å². The summed E-state index contributed by atoms with van der Waals surface area (Å²) in [7, 11) is 0. The highest BCUT2D eigenvalue weighted by atomic mass is 19.4. The SMILES string of the molecule is Cc1ccc(-c2cn(C[C@](C)(O)C(=O)Nc3ccc(C#N)c(C(F)(F)F)c3)nc2F)cc1. The van der Waals surface area contributed by atoms with Crippen molar-refractivity contribution in [2.24, 2.45) is 0 Å². The lowest BCUT2D eigenvalue weighted by molar-refractivity contribution is -0.138. The van der Waals surface area contributed by atoms with Crippen LogP contribution in [0.4, 0.5) is 23.2 Å². The summed E-state index contributed by atoms with van der Waals surface area (Å²) in [4.78, 5) is 12.5. The molecule has 1 aromatic heterocycles. The fourth-order valence-electron chi connectivity index (χ4n) is 3.01. The summed E-state index contributed by atoms with van der Waals surface area (Å²) >= 11 is 0. The molecule has 0 fully saturated rings. The molecule has 3 rings (SSSR count). The van der Waals surface area contributed by atoms with Crippen LogP contribution in [0.1, 0.15) is 23.6 Å². The molecule has 0 unspecified atom stereocenters. The van der Waals surface area contributed by atoms with E-state index in [9.17, 15) is 27.5 Å². The maximum absolute atomic E-state index is 14.3. The minimum Gasteiger partial charge on any atom is -0.378 e. The van der Waals surface area contributed by atoms with Gasteiger partial charge in [0.05, 0.1) is 29.3 Å². The third-order valence-electron chi connectivity index (χ3n) is 4.74. The molecule has 0 saturated heterocycles. The van der Waals surface area contributed by atoms with Crippen molar-refractivity contribution in [3.05, 3.63) is 71.3 Å². The summed E-state index contributed by atoms with van der Waals surface area (Å²) in [6, 6.07) is 11.1. The number of amides is 1. The number of benzene rings is 2. The van der Waals surface area contributed by atoms with Crippen molar-refractivity contribution in [2.75, 3.05) is 5.32 Å². The van der Waals surface area contributed by atoms with E-state index in [0.717, 1.165) is 29.3 Å². The second-order valence-electron chi connectivity index (χ2n) is 7.50. The number of carbonyl (C=O) groups excluding carboxylic acids is 1. The number of hydrogen-bond acceptors (Lipinski definition) is 4. The minimum absolute atomic E-state index is 0.170. The molecule has 2 N–H and O–H groups in total. The first kappa shape index (κ1) is 23.0. The smallest absolute Gasteiger partial charge is 0.378 e. The predicted octanol–water partition coefficient (Wildman–Crippen LogP) is 4.28. The molecule has 0 aliphatic rings. The van der Waals surface area contributed by atoms with Crippen molar-refractivity contribution in [1.29, 1.82) is 5.26 Å². The van der Waals surface area contributed by atoms with Crippen LogP contribution >= 0.6 is 0 Å². The van der Waals surface area contributed by atoms with Gasteiger partial charge in [0.15, 0.2) is 5.60 Å². The van der Waals surface area contributed by atoms with Crippen LogP contribution < -0.4 is 5.32 Å². The zero-order chi connectivity index (χ0) is 23.7. The van der Waals surface area contributed by atoms with Crippen LogP contribution in [-0.4, -0.2) is 26.4 Å². The lowest BCUT2D eigenvalue weighted by Crippen LogP contribution is -2.43. The second kappa shape index (κ2) is 8.43. The van der Waals surface area contributed by atoms with E-state index in [2.05, 4.69) is 10.4 Å². The number of rotatable bonds is 5. The fourth-order valence-corrected chi connectivity index (χ4v) is 3.01. The maximum Gasteiger partial charge on any atom is 0.417 e. The van der Waals surface area contributed by atoms with Crippen molar-refractivity contribution in [3.63, 3.8) is 0 Å². The van der Waals surface area contributed by atoms with E-state index < -0.39 is 41.3 Å². The van der Waals surface area contributed by atoms with Crippen LogP contribution in [0.3, 0.4) is 0 Å². The van der Waals surface area contributed by atoms with Gasteiger partial charge in [-0.2, -0.15) is 22.8 Å². The third-order valence-corrected chi connectivity index (χ3v) is 4.74. The Balaban J connectivity index is 1.79. The number of hydrogen-bond donors (Lipinski definition) is 2. The Morgan fingerprint density at radius 1 is 1.22 bits per heavy atom. The molecule has 1 atom stereocenters. The maximum atomic E-state index is 14.3. The molecule has 32 heavy (non-hydrogen) atoms. The number of anilines is 1. The standard InChI is InChI=1S/C22H18F4N4O2/c1-13-3-5-14(6-4-13)17-11-30(29-19(17)23)12-21(2,32)20(31)28-16-8-7-15(10-27)18(9-16)22(24,25)26/h3-9,11,32H,12H2,1-2H3,(H,28,31)/t21-/m0/s1. The van der Waals surface area contributed by atoms with Gasteiger partial charge < -0.3 is 10.4 Å². The summed E-state index contributed by atoms with van der Waals surface area (Å²) in [6.07, 6.45) is -3.47. The van der Waals surface area contributed by atoms with Gasteiger partial charge in [0.1, 0.15) is 0 Å². The normalized spacial score (nSPS) is 13.3. The van der Waals surface area contributed by atoms with Gasteiger partial charge in [-0.3, -0.25) is 9.48 Å². The van der Waals surface area contributed by atoms with Crippen LogP contribution in [0.2, 0.25) is 0 Å². The second-order valence-corrected chi connectivity index (χ2v) is 7.50. The summed E-state index contributed by atoms with van der Waals surface area (Å²) < 4.78 is 54.7. The number of aliphatic hydroxyl groups is 1. The first-order valence-electron chi connectivity index (χ1n) is 9.36. The number of aromatic nitrogens is 2. The monoisotopic (exact) mass is 446 g/mol. The number of halogens is 4. The van der Waals surface area contributed by atoms with Crippen molar-refractivity contribution in [3.8, 4) is 17.2 Å². The van der Waals surface area contributed by atoms with E-state index in [1.807, 2.05) is 6.92 Å². The Hall–Kier alpha value is -3.71. The van der Waals surface area contributed by atoms with Crippen molar-refractivity contribution in [1.82, 2.24) is 9.78 Å². The summed E-state index contributed by atoms with van der Waals surface area (Å²) in [5, 5.41) is 25.3. The van der Waals surface area contributed by atoms with Gasteiger partial charge in [0.2, 0.25) is 5.95 Å². The topological polar surface area (TPSA) is 90.9 Å². The molecule has 2 aromatic carbocycles. The number of nitriles is 1. The van der Waals surface area contributed by atoms with E-state index in [-0.39, 0.29) is 11.3 Å². The van der Waals surface area contributed by atoms with E-state index in [1.54, 1.807) is 24.3 Å². The van der Waals surface area contributed by atoms with Gasteiger partial charge in [0, 0.05) is 11.9 Å². The molecule has 0 aliphatic heterocycles. The Bertz CT molecular complexity index is 1190. The molecular formula is C22H18F4N4O2. The average Bonchev–Trinajstić information content (AvgIpc) is 3.07. The number of nitrogens with zero attached hydrogens (tertiary/aromatic N) is 3. The zero-order valence-corrected chi connectivity index (χ0v) is 17.0. The summed E-state index contributed by atoms with van der Waals surface area (Å²) in [6.45, 7) is 2.55. The Kier molecular flexibility index (Phi) is 6.05. The molecule has 6 nitrogen and oxygen atoms in total. The Labute approximate surface area is 180 Å². The molecule has 0 radical (unpaired) electrons. The molecule has 0 saturated carbocycles. The lowest BCUT2D eigenvalue weighted by atomic mass is 10.0. The summed E-state index contributed by atoms with van der Waals surface area (Å²) in [5.74, 6) is -1.82. The molecule has 1 heterocycles. The van der Waals surface area contributed by atoms with Crippen LogP contribution in [0, 0.1) is 24.2 Å². The number of alkyl halides is 3. The molecule has 3 aromatic rings. The predicted molar refractivity (Wildman–Crippen MR) is 108 cm³/mol. The van der Waals surface area contributed by atoms with Gasteiger partial charge in [-0.1, -0.05) is 29.8 Å². The van der Waals surface area contributed by atoms with Crippen LogP contribution in [0.5, 0.6) is 0 Å². The largest absolute Gasteiger partial charge is 0.417 e. The molecule has 0 aliphatic carbocycles. The third kappa shape index (κ3) is 4.95. The van der Waals surface area contributed by atoms with E-state index >= 15 is 0 Å². The van der Waals surface area contributed by atoms with Gasteiger partial charge in [0.25, 0.3) is 5.91 Å². The zero-order valence-electron chi connectivity index (χ0n) is 17.0. The van der Waals surface area contributed by atoms with Crippen LogP contribution in [-0.2, 0) is 17.5 Å². The van der Waals surface area contributed by atoms with Gasteiger partial charge in [-0.15, -0.1) is 5.10 Å². The quantitative estimate of drug-likeness (QED) is 0.573. The number of carbonyl (C=O) groups is 1. The Morgan fingerprint density at radius 2 is 1.88 bits per heavy atom. The molecule has 0 bridgehead atoms. The van der Waals surface area contributed by atoms with Gasteiger partial charge >= 0.3 is 6.18 Å². The molecule has 0 spiro atoms. The molecule has 1 amide bonds. The first-order valence-corrected chi connectivity index (χ1v) is 9.36. The lowest BCUT2D eigenvalue weighted by Gasteiger charge is -2.22. The molecule has 10 heteroatoms. The first-order chi connectivity index (χ1) is 14.9. The van der Waals surface area contributed by atoms with Gasteiger partial charge in [-0.25, -0.2) is 0 Å². The average molecular weight is 446 g/mol. The molecular weight excluding hydrogens is 428 g/mol. The highest BCUT2D eigenvalue weighted by Crippen LogP contribution is 2.33.